The summed E-state index contributed by atoms with van der Waals surface area (Å²) in [5.41, 5.74) is 5.67. The Kier molecular flexibility index (Phi) is 5.83. The monoisotopic (exact) mass is 336 g/mol. The Hall–Kier alpha value is -0.650. The lowest BCUT2D eigenvalue weighted by atomic mass is 9.78. The van der Waals surface area contributed by atoms with Gasteiger partial charge in [-0.2, -0.15) is 0 Å². The summed E-state index contributed by atoms with van der Waals surface area (Å²) in [5, 5.41) is 0. The van der Waals surface area contributed by atoms with Crippen molar-refractivity contribution in [2.45, 2.75) is 57.5 Å². The summed E-state index contributed by atoms with van der Waals surface area (Å²) in [6.07, 6.45) is 8.58. The summed E-state index contributed by atoms with van der Waals surface area (Å²) in [6.45, 7) is 8.12. The van der Waals surface area contributed by atoms with Crippen LogP contribution in [0.4, 0.5) is 0 Å². The van der Waals surface area contributed by atoms with Crippen molar-refractivity contribution in [3.8, 4) is 0 Å². The van der Waals surface area contributed by atoms with Crippen LogP contribution in [0.25, 0.3) is 0 Å². The minimum absolute atomic E-state index is 0.145. The Morgan fingerprint density at radius 1 is 0.875 bits per heavy atom. The number of likely N-dealkylation sites (tertiary alicyclic amines) is 3. The van der Waals surface area contributed by atoms with E-state index >= 15 is 0 Å². The molecule has 0 aromatic heterocycles. The number of carbonyl (C=O) groups is 1. The molecule has 5 nitrogen and oxygen atoms in total. The SMILES string of the molecule is CN1CCC(C2CCN(C(=O)[C@](C)(N)N3CCCCC3)CC2)CC1. The van der Waals surface area contributed by atoms with Crippen LogP contribution in [0, 0.1) is 11.8 Å². The lowest BCUT2D eigenvalue weighted by Gasteiger charge is -2.44. The van der Waals surface area contributed by atoms with E-state index in [0.29, 0.717) is 0 Å². The zero-order valence-electron chi connectivity index (χ0n) is 15.7. The smallest absolute Gasteiger partial charge is 0.257 e. The Balaban J connectivity index is 1.51. The van der Waals surface area contributed by atoms with Crippen LogP contribution in [-0.4, -0.2) is 72.6 Å². The van der Waals surface area contributed by atoms with Crippen LogP contribution in [0.3, 0.4) is 0 Å². The molecule has 0 saturated carbocycles. The van der Waals surface area contributed by atoms with E-state index in [9.17, 15) is 4.79 Å². The van der Waals surface area contributed by atoms with Gasteiger partial charge in [0, 0.05) is 26.2 Å². The van der Waals surface area contributed by atoms with Crippen LogP contribution in [0.1, 0.15) is 51.9 Å². The fourth-order valence-electron chi connectivity index (χ4n) is 4.89. The fourth-order valence-corrected chi connectivity index (χ4v) is 4.89. The predicted molar refractivity (Wildman–Crippen MR) is 97.5 cm³/mol. The highest BCUT2D eigenvalue weighted by molar-refractivity contribution is 5.85. The highest BCUT2D eigenvalue weighted by Gasteiger charge is 2.40. The Morgan fingerprint density at radius 3 is 1.92 bits per heavy atom. The van der Waals surface area contributed by atoms with Gasteiger partial charge in [-0.1, -0.05) is 6.42 Å². The average molecular weight is 337 g/mol. The second-order valence-corrected chi connectivity index (χ2v) is 8.47. The maximum Gasteiger partial charge on any atom is 0.257 e. The van der Waals surface area contributed by atoms with Gasteiger partial charge in [0.1, 0.15) is 5.66 Å². The van der Waals surface area contributed by atoms with Crippen LogP contribution < -0.4 is 5.73 Å². The summed E-state index contributed by atoms with van der Waals surface area (Å²) >= 11 is 0. The van der Waals surface area contributed by atoms with Crippen molar-refractivity contribution in [2.24, 2.45) is 17.6 Å². The van der Waals surface area contributed by atoms with Crippen molar-refractivity contribution in [3.05, 3.63) is 0 Å². The molecule has 138 valence electrons. The lowest BCUT2D eigenvalue weighted by Crippen LogP contribution is -2.65. The number of hydrogen-bond donors (Lipinski definition) is 1. The Morgan fingerprint density at radius 2 is 1.38 bits per heavy atom. The molecule has 0 aliphatic carbocycles. The Bertz CT molecular complexity index is 417. The minimum Gasteiger partial charge on any atom is -0.340 e. The zero-order valence-corrected chi connectivity index (χ0v) is 15.7. The van der Waals surface area contributed by atoms with Gasteiger partial charge in [-0.05, 0) is 77.4 Å². The van der Waals surface area contributed by atoms with E-state index in [0.717, 1.165) is 63.7 Å². The van der Waals surface area contributed by atoms with E-state index < -0.39 is 5.66 Å². The second-order valence-electron chi connectivity index (χ2n) is 8.47. The molecule has 0 aromatic rings. The van der Waals surface area contributed by atoms with Crippen molar-refractivity contribution in [2.75, 3.05) is 46.3 Å². The molecule has 3 aliphatic rings. The van der Waals surface area contributed by atoms with E-state index in [1.54, 1.807) is 0 Å². The molecule has 0 radical (unpaired) electrons. The molecule has 0 bridgehead atoms. The molecular weight excluding hydrogens is 300 g/mol. The van der Waals surface area contributed by atoms with Crippen LogP contribution in [0.2, 0.25) is 0 Å². The van der Waals surface area contributed by atoms with E-state index in [4.69, 9.17) is 5.73 Å². The maximum absolute atomic E-state index is 13.0. The first-order valence-electron chi connectivity index (χ1n) is 10.0. The van der Waals surface area contributed by atoms with Crippen LogP contribution >= 0.6 is 0 Å². The number of nitrogens with zero attached hydrogens (tertiary/aromatic N) is 3. The molecule has 5 heteroatoms. The molecular formula is C19H36N4O. The van der Waals surface area contributed by atoms with Crippen molar-refractivity contribution in [1.29, 1.82) is 0 Å². The largest absolute Gasteiger partial charge is 0.340 e. The molecule has 3 aliphatic heterocycles. The molecule has 3 fully saturated rings. The van der Waals surface area contributed by atoms with Crippen LogP contribution in [0.5, 0.6) is 0 Å². The van der Waals surface area contributed by atoms with E-state index in [1.807, 2.05) is 11.8 Å². The molecule has 0 unspecified atom stereocenters. The molecule has 3 saturated heterocycles. The van der Waals surface area contributed by atoms with Gasteiger partial charge in [-0.25, -0.2) is 0 Å². The number of piperidine rings is 3. The number of rotatable bonds is 3. The summed E-state index contributed by atoms with van der Waals surface area (Å²) in [4.78, 5) is 19.7. The van der Waals surface area contributed by atoms with Crippen molar-refractivity contribution in [3.63, 3.8) is 0 Å². The summed E-state index contributed by atoms with van der Waals surface area (Å²) in [7, 11) is 2.22. The van der Waals surface area contributed by atoms with Crippen molar-refractivity contribution >= 4 is 5.91 Å². The zero-order chi connectivity index (χ0) is 17.2. The third-order valence-corrected chi connectivity index (χ3v) is 6.70. The molecule has 2 N–H and O–H groups in total. The maximum atomic E-state index is 13.0. The van der Waals surface area contributed by atoms with Crippen LogP contribution in [-0.2, 0) is 4.79 Å². The van der Waals surface area contributed by atoms with Gasteiger partial charge in [0.15, 0.2) is 0 Å². The third-order valence-electron chi connectivity index (χ3n) is 6.70. The third kappa shape index (κ3) is 3.94. The molecule has 3 rings (SSSR count). The van der Waals surface area contributed by atoms with Gasteiger partial charge in [0.25, 0.3) is 5.91 Å². The standard InChI is InChI=1S/C19H36N4O/c1-19(20,23-10-4-3-5-11-23)18(24)22-14-8-17(9-15-22)16-6-12-21(2)13-7-16/h16-17H,3-15,20H2,1-2H3/t19-/m1/s1. The summed E-state index contributed by atoms with van der Waals surface area (Å²) < 4.78 is 0. The summed E-state index contributed by atoms with van der Waals surface area (Å²) in [5.74, 6) is 1.82. The van der Waals surface area contributed by atoms with Gasteiger partial charge in [-0.3, -0.25) is 9.69 Å². The van der Waals surface area contributed by atoms with Crippen LogP contribution in [0.15, 0.2) is 0 Å². The van der Waals surface area contributed by atoms with Gasteiger partial charge in [-0.15, -0.1) is 0 Å². The molecule has 1 amide bonds. The molecule has 0 aromatic carbocycles. The first-order chi connectivity index (χ1) is 11.5. The van der Waals surface area contributed by atoms with Crippen molar-refractivity contribution in [1.82, 2.24) is 14.7 Å². The van der Waals surface area contributed by atoms with Gasteiger partial charge in [0.05, 0.1) is 0 Å². The highest BCUT2D eigenvalue weighted by atomic mass is 16.2. The van der Waals surface area contributed by atoms with Gasteiger partial charge in [0.2, 0.25) is 0 Å². The van der Waals surface area contributed by atoms with E-state index in [2.05, 4.69) is 16.8 Å². The number of amides is 1. The number of nitrogens with two attached hydrogens (primary N) is 1. The first-order valence-corrected chi connectivity index (χ1v) is 10.0. The second kappa shape index (κ2) is 7.71. The number of hydrogen-bond acceptors (Lipinski definition) is 4. The normalized spacial score (nSPS) is 28.7. The fraction of sp³-hybridized carbons (Fsp3) is 0.947. The van der Waals surface area contributed by atoms with E-state index in [1.165, 1.54) is 32.4 Å². The molecule has 3 heterocycles. The highest BCUT2D eigenvalue weighted by Crippen LogP contribution is 2.33. The van der Waals surface area contributed by atoms with Crippen molar-refractivity contribution < 1.29 is 4.79 Å². The number of carbonyl (C=O) groups excluding carboxylic acids is 1. The molecule has 0 spiro atoms. The average Bonchev–Trinajstić information content (AvgIpc) is 2.62. The first kappa shape index (κ1) is 18.2. The molecule has 1 atom stereocenters. The van der Waals surface area contributed by atoms with Gasteiger partial charge >= 0.3 is 0 Å². The summed E-state index contributed by atoms with van der Waals surface area (Å²) in [6, 6.07) is 0. The topological polar surface area (TPSA) is 52.8 Å². The predicted octanol–water partition coefficient (Wildman–Crippen LogP) is 1.73. The quantitative estimate of drug-likeness (QED) is 0.853. The van der Waals surface area contributed by atoms with Gasteiger partial charge < -0.3 is 15.5 Å². The lowest BCUT2D eigenvalue weighted by molar-refractivity contribution is -0.146. The Labute approximate surface area is 147 Å². The molecule has 24 heavy (non-hydrogen) atoms. The minimum atomic E-state index is -0.819. The van der Waals surface area contributed by atoms with E-state index in [-0.39, 0.29) is 5.91 Å².